The number of esters is 1. The Bertz CT molecular complexity index is 1640. The molecule has 0 aromatic carbocycles. The highest BCUT2D eigenvalue weighted by Crippen LogP contribution is 2.76. The predicted molar refractivity (Wildman–Crippen MR) is 218 cm³/mol. The van der Waals surface area contributed by atoms with E-state index >= 15 is 0 Å². The Morgan fingerprint density at radius 1 is 0.806 bits per heavy atom. The van der Waals surface area contributed by atoms with Gasteiger partial charge >= 0.3 is 11.9 Å². The minimum absolute atomic E-state index is 0.0732. The number of carboxylic acid groups (broad SMARTS) is 1. The van der Waals surface area contributed by atoms with Gasteiger partial charge in [0.2, 0.25) is 0 Å². The lowest BCUT2D eigenvalue weighted by Gasteiger charge is -2.72. The van der Waals surface area contributed by atoms with E-state index in [0.29, 0.717) is 51.4 Å². The van der Waals surface area contributed by atoms with Gasteiger partial charge in [0, 0.05) is 0 Å². The zero-order valence-electron chi connectivity index (χ0n) is 37.5. The molecular formula is C45H74O17. The number of carbonyl (C=O) groups is 2. The molecule has 6 fully saturated rings. The minimum Gasteiger partial charge on any atom is -0.481 e. The van der Waals surface area contributed by atoms with Crippen LogP contribution in [0.15, 0.2) is 11.6 Å². The molecule has 0 aromatic heterocycles. The first kappa shape index (κ1) is 49.6. The summed E-state index contributed by atoms with van der Waals surface area (Å²) < 4.78 is 30.7. The summed E-state index contributed by atoms with van der Waals surface area (Å²) in [7, 11) is 0. The fourth-order valence-electron chi connectivity index (χ4n) is 13.8. The van der Waals surface area contributed by atoms with E-state index in [1.54, 1.807) is 0 Å². The minimum atomic E-state index is -1.77. The van der Waals surface area contributed by atoms with E-state index < -0.39 is 139 Å². The van der Waals surface area contributed by atoms with Crippen LogP contribution in [-0.4, -0.2) is 162 Å². The van der Waals surface area contributed by atoms with Gasteiger partial charge in [0.1, 0.15) is 61.9 Å². The lowest BCUT2D eigenvalue weighted by atomic mass is 9.34. The maximum Gasteiger partial charge on any atom is 0.317 e. The molecule has 0 amide bonds. The summed E-state index contributed by atoms with van der Waals surface area (Å²) in [5.74, 6) is -3.55. The standard InChI is InChI=1S/C45H74O17/c1-21(2)10-9-13-45(8,62-40-37(57)34(54)32(52)25(19-46)60-40)22-11-15-43(6)31(22)23(47)16-27-42(5)14-12-28(48)41(3,4)38(42)24(18-44(27,43)7)59-39-36(56)35(55)33(53)26(61-39)20-58-30(51)17-29(49)50/h10,22-28,31-40,46-48,52-57H,9,11-20H2,1-8H3,(H,49,50)/t22-,23+,24-,25+,26+,27+,28-,31-,32+,33+,34-,35-,36+,37+,38?,39+,40-,42+,43+,44+,45-/m0/s1. The number of hydrogen-bond donors (Lipinski definition) is 10. The third-order valence-corrected chi connectivity index (χ3v) is 17.1. The van der Waals surface area contributed by atoms with Crippen LogP contribution in [0.3, 0.4) is 0 Å². The molecule has 0 bridgehead atoms. The van der Waals surface area contributed by atoms with Crippen molar-refractivity contribution in [3.63, 3.8) is 0 Å². The molecule has 6 rings (SSSR count). The van der Waals surface area contributed by atoms with Gasteiger partial charge in [-0.25, -0.2) is 0 Å². The number of allylic oxidation sites excluding steroid dienone is 2. The van der Waals surface area contributed by atoms with E-state index in [1.165, 1.54) is 0 Å². The summed E-state index contributed by atoms with van der Waals surface area (Å²) in [5.41, 5.74) is -2.34. The van der Waals surface area contributed by atoms with E-state index in [2.05, 4.69) is 26.8 Å². The number of hydrogen-bond acceptors (Lipinski definition) is 16. The Kier molecular flexibility index (Phi) is 14.5. The molecule has 2 heterocycles. The summed E-state index contributed by atoms with van der Waals surface area (Å²) >= 11 is 0. The first-order valence-corrected chi connectivity index (χ1v) is 22.5. The van der Waals surface area contributed by atoms with Crippen LogP contribution in [0.5, 0.6) is 0 Å². The smallest absolute Gasteiger partial charge is 0.317 e. The number of fused-ring (bicyclic) bond motifs is 5. The molecule has 21 atom stereocenters. The first-order valence-electron chi connectivity index (χ1n) is 22.5. The molecule has 17 nitrogen and oxygen atoms in total. The topological polar surface area (TPSA) is 283 Å². The summed E-state index contributed by atoms with van der Waals surface area (Å²) in [5, 5.41) is 109. The number of aliphatic hydroxyl groups is 9. The highest BCUT2D eigenvalue weighted by Gasteiger charge is 2.74. The summed E-state index contributed by atoms with van der Waals surface area (Å²) in [6.07, 6.45) is -12.2. The van der Waals surface area contributed by atoms with Gasteiger partial charge in [0.25, 0.3) is 0 Å². The normalized spacial score (nSPS) is 48.5. The van der Waals surface area contributed by atoms with E-state index in [0.717, 1.165) is 5.57 Å². The molecule has 10 N–H and O–H groups in total. The molecule has 0 spiro atoms. The molecule has 356 valence electrons. The number of rotatable bonds is 13. The van der Waals surface area contributed by atoms with E-state index in [1.807, 2.05) is 34.6 Å². The van der Waals surface area contributed by atoms with Gasteiger partial charge in [-0.15, -0.1) is 0 Å². The third kappa shape index (κ3) is 8.54. The molecule has 6 aliphatic rings. The van der Waals surface area contributed by atoms with Crippen molar-refractivity contribution in [1.82, 2.24) is 0 Å². The van der Waals surface area contributed by atoms with Crippen LogP contribution in [0.2, 0.25) is 0 Å². The van der Waals surface area contributed by atoms with E-state index in [9.17, 15) is 55.5 Å². The molecule has 2 saturated heterocycles. The zero-order valence-corrected chi connectivity index (χ0v) is 37.5. The molecule has 4 saturated carbocycles. The number of carboxylic acids is 1. The van der Waals surface area contributed by atoms with Gasteiger partial charge in [-0.3, -0.25) is 9.59 Å². The molecule has 17 heteroatoms. The number of aliphatic carboxylic acids is 1. The van der Waals surface area contributed by atoms with Gasteiger partial charge in [0.05, 0.1) is 30.5 Å². The highest BCUT2D eigenvalue weighted by molar-refractivity contribution is 5.90. The van der Waals surface area contributed by atoms with Crippen molar-refractivity contribution in [3.05, 3.63) is 11.6 Å². The van der Waals surface area contributed by atoms with Crippen LogP contribution in [0.1, 0.15) is 113 Å². The lowest BCUT2D eigenvalue weighted by Crippen LogP contribution is -2.71. The quantitative estimate of drug-likeness (QED) is 0.0537. The van der Waals surface area contributed by atoms with Crippen LogP contribution in [0.4, 0.5) is 0 Å². The van der Waals surface area contributed by atoms with Crippen LogP contribution >= 0.6 is 0 Å². The summed E-state index contributed by atoms with van der Waals surface area (Å²) in [6.45, 7) is 15.3. The maximum atomic E-state index is 12.6. The molecule has 0 radical (unpaired) electrons. The van der Waals surface area contributed by atoms with Crippen molar-refractivity contribution in [2.75, 3.05) is 13.2 Å². The molecule has 1 unspecified atom stereocenters. The van der Waals surface area contributed by atoms with Crippen molar-refractivity contribution in [2.45, 2.75) is 199 Å². The van der Waals surface area contributed by atoms with Crippen LogP contribution in [0.25, 0.3) is 0 Å². The number of ether oxygens (including phenoxy) is 5. The van der Waals surface area contributed by atoms with Crippen molar-refractivity contribution in [2.24, 2.45) is 45.3 Å². The van der Waals surface area contributed by atoms with E-state index in [-0.39, 0.29) is 23.7 Å². The number of carbonyl (C=O) groups excluding carboxylic acids is 1. The average molecular weight is 887 g/mol. The van der Waals surface area contributed by atoms with Crippen LogP contribution < -0.4 is 0 Å². The predicted octanol–water partition coefficient (Wildman–Crippen LogP) is 1.15. The molecule has 62 heavy (non-hydrogen) atoms. The Labute approximate surface area is 364 Å². The van der Waals surface area contributed by atoms with Gasteiger partial charge < -0.3 is 74.7 Å². The lowest BCUT2D eigenvalue weighted by molar-refractivity contribution is -0.350. The largest absolute Gasteiger partial charge is 0.481 e. The van der Waals surface area contributed by atoms with Crippen LogP contribution in [-0.2, 0) is 33.3 Å². The number of aliphatic hydroxyl groups excluding tert-OH is 9. The fraction of sp³-hybridized carbons (Fsp3) is 0.911. The Hall–Kier alpha value is -1.84. The van der Waals surface area contributed by atoms with Crippen molar-refractivity contribution < 1.29 is 84.3 Å². The Morgan fingerprint density at radius 3 is 2.03 bits per heavy atom. The zero-order chi connectivity index (χ0) is 46.1. The summed E-state index contributed by atoms with van der Waals surface area (Å²) in [4.78, 5) is 23.2. The van der Waals surface area contributed by atoms with Gasteiger partial charge in [-0.2, -0.15) is 0 Å². The second-order valence-corrected chi connectivity index (χ2v) is 21.3. The highest BCUT2D eigenvalue weighted by atomic mass is 16.7. The Balaban J connectivity index is 1.36. The van der Waals surface area contributed by atoms with Crippen LogP contribution in [0, 0.1) is 45.3 Å². The monoisotopic (exact) mass is 886 g/mol. The van der Waals surface area contributed by atoms with Gasteiger partial charge in [0.15, 0.2) is 12.6 Å². The second-order valence-electron chi connectivity index (χ2n) is 21.3. The van der Waals surface area contributed by atoms with Crippen molar-refractivity contribution in [1.29, 1.82) is 0 Å². The maximum absolute atomic E-state index is 12.6. The average Bonchev–Trinajstić information content (AvgIpc) is 3.57. The van der Waals surface area contributed by atoms with Gasteiger partial charge in [-0.05, 0) is 117 Å². The third-order valence-electron chi connectivity index (χ3n) is 17.1. The fourth-order valence-corrected chi connectivity index (χ4v) is 13.8. The second kappa shape index (κ2) is 18.1. The summed E-state index contributed by atoms with van der Waals surface area (Å²) in [6, 6.07) is 0. The molecular weight excluding hydrogens is 812 g/mol. The molecule has 0 aromatic rings. The molecule has 2 aliphatic heterocycles. The molecule has 4 aliphatic carbocycles. The van der Waals surface area contributed by atoms with Gasteiger partial charge in [-0.1, -0.05) is 46.3 Å². The van der Waals surface area contributed by atoms with E-state index in [4.69, 9.17) is 28.8 Å². The SMILES string of the molecule is CC(C)=CCC[C@](C)(O[C@@H]1O[C@H](CO)[C@@H](O)[C@H](O)[C@H]1O)[C@H]1CC[C@]2(C)[C@@H]1[C@H](O)C[C@@H]1[C@@]3(C)CC[C@H](O)C(C)(C)C3[C@@H](O[C@@H]3O[C@H](COC(=O)CC(=O)O)[C@@H](O)[C@H](O)[C@H]3O)C[C@]12C. The van der Waals surface area contributed by atoms with Crippen molar-refractivity contribution in [3.8, 4) is 0 Å². The Morgan fingerprint density at radius 2 is 1.42 bits per heavy atom. The van der Waals surface area contributed by atoms with Crippen molar-refractivity contribution >= 4 is 11.9 Å². The first-order chi connectivity index (χ1) is 28.8.